The third-order valence-electron chi connectivity index (χ3n) is 4.25. The van der Waals surface area contributed by atoms with Crippen molar-refractivity contribution < 1.29 is 9.53 Å². The summed E-state index contributed by atoms with van der Waals surface area (Å²) in [7, 11) is 0. The van der Waals surface area contributed by atoms with Crippen LogP contribution in [0, 0.1) is 0 Å². The normalized spacial score (nSPS) is 14.7. The molecule has 0 spiro atoms. The molecule has 1 N–H and O–H groups in total. The van der Waals surface area contributed by atoms with Gasteiger partial charge in [-0.15, -0.1) is 0 Å². The Kier molecular flexibility index (Phi) is 5.82. The molecule has 1 aliphatic heterocycles. The van der Waals surface area contributed by atoms with Crippen molar-refractivity contribution in [3.05, 3.63) is 42.2 Å². The number of esters is 1. The molecule has 6 nitrogen and oxygen atoms in total. The van der Waals surface area contributed by atoms with Gasteiger partial charge in [0.25, 0.3) is 0 Å². The number of hydrogen-bond acceptors (Lipinski definition) is 6. The van der Waals surface area contributed by atoms with E-state index in [-0.39, 0.29) is 5.97 Å². The molecular formula is C19H24N4O2. The van der Waals surface area contributed by atoms with Crippen molar-refractivity contribution in [1.29, 1.82) is 0 Å². The highest BCUT2D eigenvalue weighted by Gasteiger charge is 2.12. The first-order valence-electron chi connectivity index (χ1n) is 8.87. The lowest BCUT2D eigenvalue weighted by molar-refractivity contribution is 0.0526. The topological polar surface area (TPSA) is 67.3 Å². The molecule has 2 aromatic rings. The SMILES string of the molecule is CCOC(=O)c1ccc(Nc2cc(N3CCCCCC3)ncn2)cc1. The van der Waals surface area contributed by atoms with Gasteiger partial charge in [0.05, 0.1) is 12.2 Å². The number of benzene rings is 1. The summed E-state index contributed by atoms with van der Waals surface area (Å²) in [5.74, 6) is 1.40. The minimum absolute atomic E-state index is 0.306. The van der Waals surface area contributed by atoms with Gasteiger partial charge in [0.2, 0.25) is 0 Å². The molecule has 0 amide bonds. The van der Waals surface area contributed by atoms with E-state index >= 15 is 0 Å². The van der Waals surface area contributed by atoms with E-state index < -0.39 is 0 Å². The predicted molar refractivity (Wildman–Crippen MR) is 98.4 cm³/mol. The molecule has 3 rings (SSSR count). The van der Waals surface area contributed by atoms with Crippen molar-refractivity contribution in [2.24, 2.45) is 0 Å². The number of anilines is 3. The number of carbonyl (C=O) groups is 1. The highest BCUT2D eigenvalue weighted by Crippen LogP contribution is 2.21. The van der Waals surface area contributed by atoms with E-state index in [1.54, 1.807) is 25.4 Å². The molecule has 6 heteroatoms. The number of carbonyl (C=O) groups excluding carboxylic acids is 1. The number of nitrogens with one attached hydrogen (secondary N) is 1. The van der Waals surface area contributed by atoms with E-state index in [0.717, 1.165) is 30.4 Å². The molecule has 1 aliphatic rings. The third-order valence-corrected chi connectivity index (χ3v) is 4.25. The van der Waals surface area contributed by atoms with Gasteiger partial charge in [-0.1, -0.05) is 12.8 Å². The largest absolute Gasteiger partial charge is 0.462 e. The smallest absolute Gasteiger partial charge is 0.338 e. The molecule has 1 fully saturated rings. The van der Waals surface area contributed by atoms with Crippen LogP contribution < -0.4 is 10.2 Å². The molecular weight excluding hydrogens is 316 g/mol. The summed E-state index contributed by atoms with van der Waals surface area (Å²) in [6.45, 7) is 4.26. The zero-order valence-corrected chi connectivity index (χ0v) is 14.6. The Morgan fingerprint density at radius 3 is 2.52 bits per heavy atom. The molecule has 1 saturated heterocycles. The Balaban J connectivity index is 1.68. The van der Waals surface area contributed by atoms with E-state index in [1.807, 2.05) is 18.2 Å². The van der Waals surface area contributed by atoms with E-state index in [4.69, 9.17) is 4.74 Å². The lowest BCUT2D eigenvalue weighted by Gasteiger charge is -2.21. The Morgan fingerprint density at radius 1 is 1.12 bits per heavy atom. The van der Waals surface area contributed by atoms with Crippen molar-refractivity contribution in [3.63, 3.8) is 0 Å². The molecule has 0 atom stereocenters. The summed E-state index contributed by atoms with van der Waals surface area (Å²) in [5.41, 5.74) is 1.41. The highest BCUT2D eigenvalue weighted by molar-refractivity contribution is 5.89. The summed E-state index contributed by atoms with van der Waals surface area (Å²) in [5, 5.41) is 3.27. The van der Waals surface area contributed by atoms with E-state index in [9.17, 15) is 4.79 Å². The highest BCUT2D eigenvalue weighted by atomic mass is 16.5. The summed E-state index contributed by atoms with van der Waals surface area (Å²) in [4.78, 5) is 22.7. The maximum absolute atomic E-state index is 11.7. The second-order valence-electron chi connectivity index (χ2n) is 6.09. The fourth-order valence-corrected chi connectivity index (χ4v) is 2.94. The Morgan fingerprint density at radius 2 is 1.84 bits per heavy atom. The van der Waals surface area contributed by atoms with Gasteiger partial charge < -0.3 is 15.0 Å². The number of nitrogens with zero attached hydrogens (tertiary/aromatic N) is 3. The summed E-state index contributed by atoms with van der Waals surface area (Å²) >= 11 is 0. The molecule has 0 radical (unpaired) electrons. The van der Waals surface area contributed by atoms with E-state index in [2.05, 4.69) is 20.2 Å². The standard InChI is InChI=1S/C19H24N4O2/c1-2-25-19(24)15-7-9-16(10-8-15)22-17-13-18(21-14-20-17)23-11-5-3-4-6-12-23/h7-10,13-14H,2-6,11-12H2,1H3,(H,20,21,22). The van der Waals surface area contributed by atoms with Gasteiger partial charge in [-0.05, 0) is 44.0 Å². The van der Waals surface area contributed by atoms with Crippen LogP contribution in [-0.2, 0) is 4.74 Å². The van der Waals surface area contributed by atoms with Gasteiger partial charge in [-0.25, -0.2) is 14.8 Å². The Bertz CT molecular complexity index is 695. The monoisotopic (exact) mass is 340 g/mol. The van der Waals surface area contributed by atoms with Crippen LogP contribution in [0.15, 0.2) is 36.7 Å². The van der Waals surface area contributed by atoms with Crippen LogP contribution in [0.5, 0.6) is 0 Å². The van der Waals surface area contributed by atoms with Gasteiger partial charge in [-0.2, -0.15) is 0 Å². The minimum atomic E-state index is -0.306. The van der Waals surface area contributed by atoms with Crippen LogP contribution in [0.2, 0.25) is 0 Å². The fraction of sp³-hybridized carbons (Fsp3) is 0.421. The quantitative estimate of drug-likeness (QED) is 0.836. The second kappa shape index (κ2) is 8.46. The first-order valence-corrected chi connectivity index (χ1v) is 8.87. The van der Waals surface area contributed by atoms with Crippen molar-refractivity contribution in [3.8, 4) is 0 Å². The molecule has 0 aliphatic carbocycles. The Labute approximate surface area is 148 Å². The zero-order chi connectivity index (χ0) is 17.5. The lowest BCUT2D eigenvalue weighted by Crippen LogP contribution is -2.25. The van der Waals surface area contributed by atoms with Gasteiger partial charge in [0, 0.05) is 24.8 Å². The summed E-state index contributed by atoms with van der Waals surface area (Å²) in [6.07, 6.45) is 6.60. The summed E-state index contributed by atoms with van der Waals surface area (Å²) < 4.78 is 4.99. The van der Waals surface area contributed by atoms with Crippen molar-refractivity contribution >= 4 is 23.3 Å². The fourth-order valence-electron chi connectivity index (χ4n) is 2.94. The lowest BCUT2D eigenvalue weighted by atomic mass is 10.2. The number of rotatable bonds is 5. The van der Waals surface area contributed by atoms with Crippen molar-refractivity contribution in [1.82, 2.24) is 9.97 Å². The minimum Gasteiger partial charge on any atom is -0.462 e. The Hall–Kier alpha value is -2.63. The molecule has 2 heterocycles. The number of hydrogen-bond donors (Lipinski definition) is 1. The van der Waals surface area contributed by atoms with Gasteiger partial charge >= 0.3 is 5.97 Å². The zero-order valence-electron chi connectivity index (χ0n) is 14.6. The van der Waals surface area contributed by atoms with Crippen molar-refractivity contribution in [2.75, 3.05) is 29.9 Å². The molecule has 25 heavy (non-hydrogen) atoms. The molecule has 0 saturated carbocycles. The van der Waals surface area contributed by atoms with Crippen LogP contribution in [0.3, 0.4) is 0 Å². The van der Waals surface area contributed by atoms with Crippen LogP contribution in [0.4, 0.5) is 17.3 Å². The van der Waals surface area contributed by atoms with Crippen molar-refractivity contribution in [2.45, 2.75) is 32.6 Å². The summed E-state index contributed by atoms with van der Waals surface area (Å²) in [6, 6.07) is 9.17. The van der Waals surface area contributed by atoms with Crippen LogP contribution in [-0.4, -0.2) is 35.6 Å². The maximum atomic E-state index is 11.7. The van der Waals surface area contributed by atoms with Gasteiger partial charge in [0.1, 0.15) is 18.0 Å². The molecule has 0 bridgehead atoms. The second-order valence-corrected chi connectivity index (χ2v) is 6.09. The van der Waals surface area contributed by atoms with E-state index in [0.29, 0.717) is 12.2 Å². The molecule has 1 aromatic heterocycles. The maximum Gasteiger partial charge on any atom is 0.338 e. The van der Waals surface area contributed by atoms with Crippen LogP contribution in [0.1, 0.15) is 43.0 Å². The molecule has 132 valence electrons. The molecule has 1 aromatic carbocycles. The first kappa shape index (κ1) is 17.2. The average molecular weight is 340 g/mol. The van der Waals surface area contributed by atoms with Crippen LogP contribution in [0.25, 0.3) is 0 Å². The molecule has 0 unspecified atom stereocenters. The number of ether oxygens (including phenoxy) is 1. The van der Waals surface area contributed by atoms with E-state index in [1.165, 1.54) is 25.7 Å². The van der Waals surface area contributed by atoms with Gasteiger partial charge in [-0.3, -0.25) is 0 Å². The number of aromatic nitrogens is 2. The predicted octanol–water partition coefficient (Wildman–Crippen LogP) is 3.78. The first-order chi connectivity index (χ1) is 12.3. The third kappa shape index (κ3) is 4.68. The van der Waals surface area contributed by atoms with Crippen LogP contribution >= 0.6 is 0 Å². The average Bonchev–Trinajstić information content (AvgIpc) is 2.92. The van der Waals surface area contributed by atoms with Gasteiger partial charge in [0.15, 0.2) is 0 Å².